The van der Waals surface area contributed by atoms with Crippen molar-refractivity contribution in [3.05, 3.63) is 74.5 Å². The van der Waals surface area contributed by atoms with Crippen LogP contribution >= 0.6 is 23.2 Å². The highest BCUT2D eigenvalue weighted by Crippen LogP contribution is 2.32. The Bertz CT molecular complexity index is 649. The van der Waals surface area contributed by atoms with E-state index in [1.807, 2.05) is 0 Å². The number of halogens is 3. The molecule has 0 fully saturated rings. The van der Waals surface area contributed by atoms with Crippen molar-refractivity contribution in [1.29, 1.82) is 0 Å². The van der Waals surface area contributed by atoms with E-state index in [9.17, 15) is 14.5 Å². The molecule has 2 aromatic rings. The summed E-state index contributed by atoms with van der Waals surface area (Å²) in [5.41, 5.74) is 0.626. The van der Waals surface area contributed by atoms with Crippen LogP contribution in [0.15, 0.2) is 42.5 Å². The molecule has 0 radical (unpaired) electrons. The third kappa shape index (κ3) is 3.26. The quantitative estimate of drug-likeness (QED) is 0.457. The van der Waals surface area contributed by atoms with Crippen LogP contribution < -0.4 is 0 Å². The molecular formula is C14H10Cl2FNO2. The van der Waals surface area contributed by atoms with Crippen LogP contribution in [0, 0.1) is 15.9 Å². The molecule has 104 valence electrons. The largest absolute Gasteiger partial charge is 0.274 e. The van der Waals surface area contributed by atoms with Crippen LogP contribution in [-0.4, -0.2) is 4.92 Å². The van der Waals surface area contributed by atoms with Gasteiger partial charge >= 0.3 is 0 Å². The van der Waals surface area contributed by atoms with Crippen LogP contribution in [0.3, 0.4) is 0 Å². The topological polar surface area (TPSA) is 43.1 Å². The van der Waals surface area contributed by atoms with Gasteiger partial charge in [-0.05, 0) is 18.6 Å². The predicted octanol–water partition coefficient (Wildman–Crippen LogP) is 4.91. The van der Waals surface area contributed by atoms with Gasteiger partial charge in [0.05, 0.1) is 10.3 Å². The number of rotatable bonds is 4. The van der Waals surface area contributed by atoms with E-state index in [1.54, 1.807) is 24.3 Å². The van der Waals surface area contributed by atoms with Gasteiger partial charge in [-0.2, -0.15) is 0 Å². The van der Waals surface area contributed by atoms with Crippen LogP contribution in [0.2, 0.25) is 5.02 Å². The van der Waals surface area contributed by atoms with Crippen molar-refractivity contribution in [3.8, 4) is 0 Å². The molecule has 0 aliphatic carbocycles. The number of nitrogens with zero attached hydrogens (tertiary/aromatic N) is 1. The van der Waals surface area contributed by atoms with Crippen molar-refractivity contribution in [2.75, 3.05) is 0 Å². The van der Waals surface area contributed by atoms with Gasteiger partial charge in [0.2, 0.25) is 0 Å². The zero-order chi connectivity index (χ0) is 14.7. The van der Waals surface area contributed by atoms with E-state index >= 15 is 0 Å². The lowest BCUT2D eigenvalue weighted by Gasteiger charge is -2.11. The van der Waals surface area contributed by atoms with Crippen LogP contribution in [0.4, 0.5) is 10.1 Å². The van der Waals surface area contributed by atoms with Gasteiger partial charge in [0.1, 0.15) is 5.82 Å². The first kappa shape index (κ1) is 14.8. The van der Waals surface area contributed by atoms with Gasteiger partial charge < -0.3 is 0 Å². The molecule has 0 aliphatic heterocycles. The molecule has 0 spiro atoms. The zero-order valence-corrected chi connectivity index (χ0v) is 11.7. The first-order valence-electron chi connectivity index (χ1n) is 5.80. The summed E-state index contributed by atoms with van der Waals surface area (Å²) in [6.07, 6.45) is 0.149. The average Bonchev–Trinajstić information content (AvgIpc) is 2.41. The normalized spacial score (nSPS) is 12.2. The molecule has 0 heterocycles. The molecule has 0 saturated heterocycles. The first-order chi connectivity index (χ1) is 9.49. The second-order valence-corrected chi connectivity index (χ2v) is 5.19. The summed E-state index contributed by atoms with van der Waals surface area (Å²) in [6, 6.07) is 10.5. The van der Waals surface area contributed by atoms with Crippen molar-refractivity contribution in [2.24, 2.45) is 0 Å². The smallest absolute Gasteiger partial charge is 0.258 e. The van der Waals surface area contributed by atoms with Crippen LogP contribution in [0.25, 0.3) is 0 Å². The van der Waals surface area contributed by atoms with Crippen molar-refractivity contribution in [2.45, 2.75) is 11.8 Å². The van der Waals surface area contributed by atoms with Crippen molar-refractivity contribution < 1.29 is 9.31 Å². The summed E-state index contributed by atoms with van der Waals surface area (Å²) in [6.45, 7) is 0. The minimum absolute atomic E-state index is 0.112. The second-order valence-electron chi connectivity index (χ2n) is 4.22. The summed E-state index contributed by atoms with van der Waals surface area (Å²) < 4.78 is 13.6. The van der Waals surface area contributed by atoms with Gasteiger partial charge in [0.15, 0.2) is 0 Å². The maximum atomic E-state index is 13.6. The maximum Gasteiger partial charge on any atom is 0.274 e. The summed E-state index contributed by atoms with van der Waals surface area (Å²) >= 11 is 11.9. The standard InChI is InChI=1S/C14H10Cl2FNO2/c15-10-6-5-9(14(8-10)18(19)20)7-12(16)11-3-1-2-4-13(11)17/h1-6,8,12H,7H2. The predicted molar refractivity (Wildman–Crippen MR) is 76.8 cm³/mol. The minimum Gasteiger partial charge on any atom is -0.258 e. The first-order valence-corrected chi connectivity index (χ1v) is 6.62. The number of alkyl halides is 1. The van der Waals surface area contributed by atoms with Crippen LogP contribution in [0.5, 0.6) is 0 Å². The molecule has 3 nitrogen and oxygen atoms in total. The minimum atomic E-state index is -0.684. The van der Waals surface area contributed by atoms with Gasteiger partial charge in [0.25, 0.3) is 5.69 Å². The summed E-state index contributed by atoms with van der Waals surface area (Å²) in [4.78, 5) is 10.5. The molecule has 0 aliphatic rings. The molecule has 6 heteroatoms. The molecule has 2 rings (SSSR count). The number of hydrogen-bond donors (Lipinski definition) is 0. The molecular weight excluding hydrogens is 304 g/mol. The van der Waals surface area contributed by atoms with E-state index in [-0.39, 0.29) is 17.1 Å². The Morgan fingerprint density at radius 2 is 1.95 bits per heavy atom. The molecule has 0 saturated carbocycles. The molecule has 0 aromatic heterocycles. The second kappa shape index (κ2) is 6.20. The van der Waals surface area contributed by atoms with Crippen molar-refractivity contribution >= 4 is 28.9 Å². The maximum absolute atomic E-state index is 13.6. The Labute approximate surface area is 125 Å². The van der Waals surface area contributed by atoms with Crippen molar-refractivity contribution in [3.63, 3.8) is 0 Å². The third-order valence-electron chi connectivity index (χ3n) is 2.89. The van der Waals surface area contributed by atoms with E-state index in [0.29, 0.717) is 11.1 Å². The molecule has 1 unspecified atom stereocenters. The molecule has 1 atom stereocenters. The van der Waals surface area contributed by atoms with Crippen LogP contribution in [0.1, 0.15) is 16.5 Å². The fourth-order valence-corrected chi connectivity index (χ4v) is 2.42. The van der Waals surface area contributed by atoms with Gasteiger partial charge in [-0.3, -0.25) is 10.1 Å². The molecule has 2 aromatic carbocycles. The number of nitro benzene ring substituents is 1. The lowest BCUT2D eigenvalue weighted by atomic mass is 10.0. The monoisotopic (exact) mass is 313 g/mol. The van der Waals surface area contributed by atoms with Gasteiger partial charge in [-0.15, -0.1) is 11.6 Å². The SMILES string of the molecule is O=[N+]([O-])c1cc(Cl)ccc1CC(Cl)c1ccccc1F. The fraction of sp³-hybridized carbons (Fsp3) is 0.143. The zero-order valence-electron chi connectivity index (χ0n) is 10.2. The average molecular weight is 314 g/mol. The molecule has 0 N–H and O–H groups in total. The Morgan fingerprint density at radius 1 is 1.25 bits per heavy atom. The van der Waals surface area contributed by atoms with Gasteiger partial charge in [-0.1, -0.05) is 35.9 Å². The van der Waals surface area contributed by atoms with E-state index in [2.05, 4.69) is 0 Å². The third-order valence-corrected chi connectivity index (χ3v) is 3.51. The summed E-state index contributed by atoms with van der Waals surface area (Å²) in [7, 11) is 0. The number of hydrogen-bond acceptors (Lipinski definition) is 2. The van der Waals surface area contributed by atoms with Crippen LogP contribution in [-0.2, 0) is 6.42 Å². The fourth-order valence-electron chi connectivity index (χ4n) is 1.91. The highest BCUT2D eigenvalue weighted by atomic mass is 35.5. The lowest BCUT2D eigenvalue weighted by molar-refractivity contribution is -0.385. The van der Waals surface area contributed by atoms with E-state index < -0.39 is 16.1 Å². The van der Waals surface area contributed by atoms with E-state index in [0.717, 1.165) is 0 Å². The van der Waals surface area contributed by atoms with Crippen molar-refractivity contribution in [1.82, 2.24) is 0 Å². The Hall–Kier alpha value is -1.65. The number of benzene rings is 2. The van der Waals surface area contributed by atoms with Gasteiger partial charge in [-0.25, -0.2) is 4.39 Å². The van der Waals surface area contributed by atoms with E-state index in [4.69, 9.17) is 23.2 Å². The van der Waals surface area contributed by atoms with Gasteiger partial charge in [0, 0.05) is 22.2 Å². The Kier molecular flexibility index (Phi) is 4.57. The molecule has 0 amide bonds. The summed E-state index contributed by atoms with van der Waals surface area (Å²) in [5, 5.41) is 10.6. The molecule has 20 heavy (non-hydrogen) atoms. The Morgan fingerprint density at radius 3 is 2.60 bits per heavy atom. The highest BCUT2D eigenvalue weighted by Gasteiger charge is 2.20. The molecule has 0 bridgehead atoms. The summed E-state index contributed by atoms with van der Waals surface area (Å²) in [5.74, 6) is -0.427. The highest BCUT2D eigenvalue weighted by molar-refractivity contribution is 6.30. The lowest BCUT2D eigenvalue weighted by Crippen LogP contribution is -2.02. The van der Waals surface area contributed by atoms with E-state index in [1.165, 1.54) is 18.2 Å². The Balaban J connectivity index is 2.31. The number of nitro groups is 1.